The molecule has 3 heterocycles. The fraction of sp³-hybridized carbons (Fsp3) is 0.308. The molecule has 2 heteroatoms. The maximum absolute atomic E-state index is 4.05. The van der Waals surface area contributed by atoms with Crippen molar-refractivity contribution in [3.05, 3.63) is 89.3 Å². The summed E-state index contributed by atoms with van der Waals surface area (Å²) in [7, 11) is 0. The van der Waals surface area contributed by atoms with Crippen LogP contribution < -0.4 is 0 Å². The van der Waals surface area contributed by atoms with Gasteiger partial charge in [0.1, 0.15) is 0 Å². The molecular weight excluding hydrogens is 340 g/mol. The van der Waals surface area contributed by atoms with Crippen LogP contribution in [-0.4, -0.2) is 16.4 Å². The van der Waals surface area contributed by atoms with Crippen molar-refractivity contribution in [2.45, 2.75) is 45.1 Å². The van der Waals surface area contributed by atoms with Crippen LogP contribution in [0.4, 0.5) is 0 Å². The number of aromatic amines is 1. The van der Waals surface area contributed by atoms with Crippen LogP contribution >= 0.6 is 0 Å². The lowest BCUT2D eigenvalue weighted by Crippen LogP contribution is -2.38. The fourth-order valence-corrected chi connectivity index (χ4v) is 5.20. The second kappa shape index (κ2) is 7.01. The van der Waals surface area contributed by atoms with Gasteiger partial charge < -0.3 is 9.88 Å². The normalized spacial score (nSPS) is 18.0. The highest BCUT2D eigenvalue weighted by molar-refractivity contribution is 5.86. The number of hydrogen-bond acceptors (Lipinski definition) is 1. The van der Waals surface area contributed by atoms with E-state index >= 15 is 0 Å². The minimum absolute atomic E-state index is 0.299. The van der Waals surface area contributed by atoms with Crippen molar-refractivity contribution >= 4 is 16.5 Å². The quantitative estimate of drug-likeness (QED) is 0.502. The summed E-state index contributed by atoms with van der Waals surface area (Å²) in [5.41, 5.74) is 10.0. The number of allylic oxidation sites excluding steroid dienone is 3. The summed E-state index contributed by atoms with van der Waals surface area (Å²) >= 11 is 0. The van der Waals surface area contributed by atoms with Gasteiger partial charge >= 0.3 is 0 Å². The topological polar surface area (TPSA) is 19.0 Å². The van der Waals surface area contributed by atoms with E-state index in [4.69, 9.17) is 0 Å². The molecule has 0 saturated carbocycles. The van der Waals surface area contributed by atoms with Crippen LogP contribution in [0.1, 0.15) is 61.0 Å². The minimum Gasteiger partial charge on any atom is -0.362 e. The lowest BCUT2D eigenvalue weighted by atomic mass is 9.81. The number of nitrogens with zero attached hydrogens (tertiary/aromatic N) is 1. The zero-order valence-corrected chi connectivity index (χ0v) is 16.7. The smallest absolute Gasteiger partial charge is 0.0950 e. The summed E-state index contributed by atoms with van der Waals surface area (Å²) in [5.74, 6) is 0. The summed E-state index contributed by atoms with van der Waals surface area (Å²) < 4.78 is 0. The number of aromatic nitrogens is 1. The number of fused-ring (bicyclic) bond motifs is 7. The van der Waals surface area contributed by atoms with E-state index in [-0.39, 0.29) is 0 Å². The van der Waals surface area contributed by atoms with Crippen LogP contribution in [0.3, 0.4) is 0 Å². The van der Waals surface area contributed by atoms with Gasteiger partial charge in [-0.15, -0.1) is 6.58 Å². The Kier molecular flexibility index (Phi) is 4.35. The van der Waals surface area contributed by atoms with E-state index in [0.717, 1.165) is 25.8 Å². The maximum Gasteiger partial charge on any atom is 0.0950 e. The highest BCUT2D eigenvalue weighted by Crippen LogP contribution is 2.48. The number of hydrogen-bond donors (Lipinski definition) is 1. The molecule has 2 aliphatic heterocycles. The number of nitrogens with one attached hydrogen (secondary N) is 1. The Morgan fingerprint density at radius 3 is 2.82 bits per heavy atom. The van der Waals surface area contributed by atoms with E-state index < -0.39 is 0 Å². The van der Waals surface area contributed by atoms with Crippen LogP contribution in [0.25, 0.3) is 16.5 Å². The molecule has 0 radical (unpaired) electrons. The first-order chi connectivity index (χ1) is 13.8. The van der Waals surface area contributed by atoms with Gasteiger partial charge in [-0.1, -0.05) is 61.9 Å². The van der Waals surface area contributed by atoms with Crippen molar-refractivity contribution in [3.63, 3.8) is 0 Å². The number of H-pyrrole nitrogens is 1. The second-order valence-corrected chi connectivity index (χ2v) is 8.02. The van der Waals surface area contributed by atoms with E-state index in [1.165, 1.54) is 57.4 Å². The standard InChI is InChI=1S/C26H28N2/c1-3-5-15-24-20(10-4-2)18-11-6-7-13-22(18)26-25-21(16-17-28(24)26)19-12-8-9-14-23(19)27-25/h4,6-9,11-14,26-27H,2-3,5,10,15-17H2,1H3. The molecular formula is C26H28N2. The summed E-state index contributed by atoms with van der Waals surface area (Å²) in [6.45, 7) is 7.43. The van der Waals surface area contributed by atoms with E-state index in [1.807, 2.05) is 0 Å². The van der Waals surface area contributed by atoms with Gasteiger partial charge in [0.2, 0.25) is 0 Å². The van der Waals surface area contributed by atoms with E-state index in [0.29, 0.717) is 6.04 Å². The summed E-state index contributed by atoms with van der Waals surface area (Å²) in [4.78, 5) is 6.48. The monoisotopic (exact) mass is 368 g/mol. The zero-order valence-electron chi connectivity index (χ0n) is 16.7. The first-order valence-corrected chi connectivity index (χ1v) is 10.6. The molecule has 3 aromatic rings. The molecule has 1 aromatic heterocycles. The average molecular weight is 369 g/mol. The van der Waals surface area contributed by atoms with Crippen LogP contribution in [0.5, 0.6) is 0 Å². The molecule has 2 aliphatic rings. The first-order valence-electron chi connectivity index (χ1n) is 10.6. The molecule has 0 spiro atoms. The predicted octanol–water partition coefficient (Wildman–Crippen LogP) is 6.61. The van der Waals surface area contributed by atoms with E-state index in [2.05, 4.69) is 78.0 Å². The first kappa shape index (κ1) is 17.4. The van der Waals surface area contributed by atoms with Gasteiger partial charge in [0.05, 0.1) is 6.04 Å². The lowest BCUT2D eigenvalue weighted by Gasteiger charge is -2.45. The van der Waals surface area contributed by atoms with Crippen molar-refractivity contribution in [1.82, 2.24) is 9.88 Å². The molecule has 1 N–H and O–H groups in total. The molecule has 2 aromatic carbocycles. The van der Waals surface area contributed by atoms with Crippen molar-refractivity contribution in [3.8, 4) is 0 Å². The highest BCUT2D eigenvalue weighted by atomic mass is 15.2. The third-order valence-electron chi connectivity index (χ3n) is 6.43. The molecule has 1 atom stereocenters. The van der Waals surface area contributed by atoms with Crippen molar-refractivity contribution in [1.29, 1.82) is 0 Å². The van der Waals surface area contributed by atoms with E-state index in [9.17, 15) is 0 Å². The van der Waals surface area contributed by atoms with Crippen molar-refractivity contribution in [2.75, 3.05) is 6.54 Å². The van der Waals surface area contributed by atoms with Gasteiger partial charge in [-0.3, -0.25) is 0 Å². The van der Waals surface area contributed by atoms with Gasteiger partial charge in [-0.05, 0) is 54.0 Å². The van der Waals surface area contributed by atoms with Crippen LogP contribution in [0.2, 0.25) is 0 Å². The van der Waals surface area contributed by atoms with Crippen LogP contribution in [0.15, 0.2) is 66.9 Å². The van der Waals surface area contributed by atoms with Crippen LogP contribution in [-0.2, 0) is 6.42 Å². The third kappa shape index (κ3) is 2.55. The number of rotatable bonds is 5. The summed E-state index contributed by atoms with van der Waals surface area (Å²) in [6.07, 6.45) is 7.73. The number of benzene rings is 2. The molecule has 28 heavy (non-hydrogen) atoms. The molecule has 0 amide bonds. The fourth-order valence-electron chi connectivity index (χ4n) is 5.20. The molecule has 142 valence electrons. The predicted molar refractivity (Wildman–Crippen MR) is 118 cm³/mol. The van der Waals surface area contributed by atoms with Crippen molar-refractivity contribution < 1.29 is 0 Å². The molecule has 0 bridgehead atoms. The van der Waals surface area contributed by atoms with Crippen molar-refractivity contribution in [2.24, 2.45) is 0 Å². The Bertz CT molecular complexity index is 1070. The Hall–Kier alpha value is -2.74. The zero-order chi connectivity index (χ0) is 19.1. The average Bonchev–Trinajstić information content (AvgIpc) is 3.12. The molecule has 1 unspecified atom stereocenters. The Morgan fingerprint density at radius 2 is 1.96 bits per heavy atom. The second-order valence-electron chi connectivity index (χ2n) is 8.02. The Morgan fingerprint density at radius 1 is 1.14 bits per heavy atom. The molecule has 0 fully saturated rings. The highest BCUT2D eigenvalue weighted by Gasteiger charge is 2.38. The van der Waals surface area contributed by atoms with Gasteiger partial charge in [0.15, 0.2) is 0 Å². The molecule has 2 nitrogen and oxygen atoms in total. The number of para-hydroxylation sites is 1. The molecule has 0 aliphatic carbocycles. The maximum atomic E-state index is 4.05. The lowest BCUT2D eigenvalue weighted by molar-refractivity contribution is 0.256. The number of unbranched alkanes of at least 4 members (excludes halogenated alkanes) is 1. The van der Waals surface area contributed by atoms with E-state index in [1.54, 1.807) is 0 Å². The largest absolute Gasteiger partial charge is 0.362 e. The summed E-state index contributed by atoms with van der Waals surface area (Å²) in [5, 5.41) is 1.39. The van der Waals surface area contributed by atoms with Gasteiger partial charge in [-0.25, -0.2) is 0 Å². The molecule has 5 rings (SSSR count). The Labute approximate surface area is 167 Å². The molecule has 0 saturated heterocycles. The Balaban J connectivity index is 1.74. The third-order valence-corrected chi connectivity index (χ3v) is 6.43. The van der Waals surface area contributed by atoms with Crippen LogP contribution in [0, 0.1) is 0 Å². The SMILES string of the molecule is C=CCC1=C(CCCC)N2CCc3c([nH]c4ccccc34)C2c2ccccc21. The van der Waals surface area contributed by atoms with Gasteiger partial charge in [0.25, 0.3) is 0 Å². The minimum atomic E-state index is 0.299. The summed E-state index contributed by atoms with van der Waals surface area (Å²) in [6, 6.07) is 18.1. The van der Waals surface area contributed by atoms with Gasteiger partial charge in [-0.2, -0.15) is 0 Å². The van der Waals surface area contributed by atoms with Gasteiger partial charge in [0, 0.05) is 28.8 Å².